The van der Waals surface area contributed by atoms with Gasteiger partial charge in [0.1, 0.15) is 11.5 Å². The Morgan fingerprint density at radius 3 is 2.35 bits per heavy atom. The zero-order chi connectivity index (χ0) is 19.3. The minimum absolute atomic E-state index is 0.112. The van der Waals surface area contributed by atoms with E-state index < -0.39 is 21.9 Å². The highest BCUT2D eigenvalue weighted by Gasteiger charge is 2.19. The number of amides is 1. The second-order valence-electron chi connectivity index (χ2n) is 5.15. The number of methoxy groups -OCH3 is 1. The highest BCUT2D eigenvalue weighted by molar-refractivity contribution is 5.95. The van der Waals surface area contributed by atoms with Gasteiger partial charge in [-0.15, -0.1) is 0 Å². The molecule has 0 heterocycles. The van der Waals surface area contributed by atoms with Gasteiger partial charge in [0.05, 0.1) is 28.7 Å². The maximum Gasteiger partial charge on any atom is 0.273 e. The third kappa shape index (κ3) is 4.44. The molecule has 1 N–H and O–H groups in total. The molecule has 10 nitrogen and oxygen atoms in total. The molecule has 0 aliphatic heterocycles. The van der Waals surface area contributed by atoms with Crippen molar-refractivity contribution in [2.75, 3.05) is 12.4 Å². The Morgan fingerprint density at radius 1 is 1.08 bits per heavy atom. The second kappa shape index (κ2) is 7.92. The minimum atomic E-state index is -1.01. The fourth-order valence-corrected chi connectivity index (χ4v) is 2.07. The predicted molar refractivity (Wildman–Crippen MR) is 91.5 cm³/mol. The summed E-state index contributed by atoms with van der Waals surface area (Å²) < 4.78 is 10.5. The first-order valence-corrected chi connectivity index (χ1v) is 7.36. The summed E-state index contributed by atoms with van der Waals surface area (Å²) in [5.41, 5.74) is -0.273. The van der Waals surface area contributed by atoms with Gasteiger partial charge in [-0.05, 0) is 19.1 Å². The third-order valence-corrected chi connectivity index (χ3v) is 3.36. The standard InChI is InChI=1S/C16H15N3O7/c1-10(26-13-5-3-4-11(8-13)18(21)22)16(20)17-14-9-12(19(23)24)6-7-15(14)25-2/h3-10H,1-2H3,(H,17,20)/t10-/m1/s1. The van der Waals surface area contributed by atoms with Crippen LogP contribution in [0.1, 0.15) is 6.92 Å². The number of ether oxygens (including phenoxy) is 2. The molecule has 0 unspecified atom stereocenters. The van der Waals surface area contributed by atoms with E-state index >= 15 is 0 Å². The highest BCUT2D eigenvalue weighted by Crippen LogP contribution is 2.29. The SMILES string of the molecule is COc1ccc([N+](=O)[O-])cc1NC(=O)[C@@H](C)Oc1cccc([N+](=O)[O-])c1. The van der Waals surface area contributed by atoms with Crippen molar-refractivity contribution in [3.8, 4) is 11.5 Å². The summed E-state index contributed by atoms with van der Waals surface area (Å²) in [6.45, 7) is 1.44. The highest BCUT2D eigenvalue weighted by atomic mass is 16.6. The zero-order valence-corrected chi connectivity index (χ0v) is 13.9. The Hall–Kier alpha value is -3.69. The van der Waals surface area contributed by atoms with E-state index in [-0.39, 0.29) is 28.6 Å². The number of rotatable bonds is 7. The van der Waals surface area contributed by atoms with E-state index in [0.717, 1.165) is 6.07 Å². The number of nitrogens with zero attached hydrogens (tertiary/aromatic N) is 2. The lowest BCUT2D eigenvalue weighted by Gasteiger charge is -2.16. The molecule has 0 aliphatic carbocycles. The van der Waals surface area contributed by atoms with Gasteiger partial charge in [-0.25, -0.2) is 0 Å². The lowest BCUT2D eigenvalue weighted by atomic mass is 10.2. The Bertz CT molecular complexity index is 853. The van der Waals surface area contributed by atoms with Crippen molar-refractivity contribution in [2.45, 2.75) is 13.0 Å². The number of hydrogen-bond acceptors (Lipinski definition) is 7. The van der Waals surface area contributed by atoms with Crippen molar-refractivity contribution in [3.63, 3.8) is 0 Å². The molecule has 1 atom stereocenters. The molecular weight excluding hydrogens is 346 g/mol. The van der Waals surface area contributed by atoms with E-state index in [1.54, 1.807) is 0 Å². The molecule has 0 aromatic heterocycles. The van der Waals surface area contributed by atoms with E-state index in [9.17, 15) is 25.0 Å². The molecule has 26 heavy (non-hydrogen) atoms. The summed E-state index contributed by atoms with van der Waals surface area (Å²) in [7, 11) is 1.36. The molecule has 2 aromatic rings. The fraction of sp³-hybridized carbons (Fsp3) is 0.188. The van der Waals surface area contributed by atoms with Gasteiger partial charge in [0.2, 0.25) is 0 Å². The van der Waals surface area contributed by atoms with E-state index in [0.29, 0.717) is 0 Å². The molecule has 0 spiro atoms. The Labute approximate surface area is 147 Å². The first-order valence-electron chi connectivity index (χ1n) is 7.36. The average Bonchev–Trinajstić information content (AvgIpc) is 2.61. The molecule has 0 radical (unpaired) electrons. The van der Waals surface area contributed by atoms with Gasteiger partial charge in [-0.2, -0.15) is 0 Å². The molecule has 2 rings (SSSR count). The number of benzene rings is 2. The number of nitro groups is 2. The molecule has 0 fully saturated rings. The third-order valence-electron chi connectivity index (χ3n) is 3.36. The monoisotopic (exact) mass is 361 g/mol. The smallest absolute Gasteiger partial charge is 0.273 e. The molecule has 0 saturated heterocycles. The number of carbonyl (C=O) groups excluding carboxylic acids is 1. The molecular formula is C16H15N3O7. The normalized spacial score (nSPS) is 11.3. The van der Waals surface area contributed by atoms with Gasteiger partial charge in [0, 0.05) is 18.2 Å². The van der Waals surface area contributed by atoms with Crippen LogP contribution in [-0.4, -0.2) is 29.0 Å². The number of hydrogen-bond donors (Lipinski definition) is 1. The van der Waals surface area contributed by atoms with Crippen molar-refractivity contribution in [2.24, 2.45) is 0 Å². The average molecular weight is 361 g/mol. The van der Waals surface area contributed by atoms with Crippen LogP contribution in [0.2, 0.25) is 0 Å². The van der Waals surface area contributed by atoms with Crippen LogP contribution >= 0.6 is 0 Å². The number of nitro benzene ring substituents is 2. The molecule has 136 valence electrons. The Morgan fingerprint density at radius 2 is 1.73 bits per heavy atom. The molecule has 0 aliphatic rings. The van der Waals surface area contributed by atoms with Gasteiger partial charge in [0.15, 0.2) is 6.10 Å². The van der Waals surface area contributed by atoms with Crippen LogP contribution in [0.3, 0.4) is 0 Å². The minimum Gasteiger partial charge on any atom is -0.495 e. The fourth-order valence-electron chi connectivity index (χ4n) is 2.07. The summed E-state index contributed by atoms with van der Waals surface area (Å²) in [6.07, 6.45) is -1.01. The molecule has 1 amide bonds. The van der Waals surface area contributed by atoms with Gasteiger partial charge in [-0.3, -0.25) is 25.0 Å². The number of nitrogens with one attached hydrogen (secondary N) is 1. The van der Waals surface area contributed by atoms with Gasteiger partial charge >= 0.3 is 0 Å². The zero-order valence-electron chi connectivity index (χ0n) is 13.9. The summed E-state index contributed by atoms with van der Waals surface area (Å²) >= 11 is 0. The van der Waals surface area contributed by atoms with Crippen molar-refractivity contribution in [3.05, 3.63) is 62.7 Å². The van der Waals surface area contributed by atoms with E-state index in [4.69, 9.17) is 9.47 Å². The molecule has 2 aromatic carbocycles. The van der Waals surface area contributed by atoms with E-state index in [2.05, 4.69) is 5.32 Å². The molecule has 0 bridgehead atoms. The van der Waals surface area contributed by atoms with Crippen LogP contribution in [0, 0.1) is 20.2 Å². The Kier molecular flexibility index (Phi) is 5.68. The van der Waals surface area contributed by atoms with E-state index in [1.165, 1.54) is 50.4 Å². The lowest BCUT2D eigenvalue weighted by molar-refractivity contribution is -0.385. The maximum atomic E-state index is 12.3. The number of non-ortho nitro benzene ring substituents is 2. The van der Waals surface area contributed by atoms with Crippen LogP contribution in [0.5, 0.6) is 11.5 Å². The first kappa shape index (κ1) is 18.6. The molecule has 0 saturated carbocycles. The topological polar surface area (TPSA) is 134 Å². The van der Waals surface area contributed by atoms with Gasteiger partial charge in [-0.1, -0.05) is 6.07 Å². The van der Waals surface area contributed by atoms with Gasteiger partial charge < -0.3 is 14.8 Å². The lowest BCUT2D eigenvalue weighted by Crippen LogP contribution is -2.30. The van der Waals surface area contributed by atoms with Crippen molar-refractivity contribution in [1.82, 2.24) is 0 Å². The van der Waals surface area contributed by atoms with Gasteiger partial charge in [0.25, 0.3) is 17.3 Å². The second-order valence-corrected chi connectivity index (χ2v) is 5.15. The summed E-state index contributed by atoms with van der Waals surface area (Å²) in [5.74, 6) is -0.213. The van der Waals surface area contributed by atoms with Crippen molar-refractivity contribution in [1.29, 1.82) is 0 Å². The predicted octanol–water partition coefficient (Wildman–Crippen LogP) is 2.92. The summed E-state index contributed by atoms with van der Waals surface area (Å²) in [6, 6.07) is 9.17. The van der Waals surface area contributed by atoms with E-state index in [1.807, 2.05) is 0 Å². The van der Waals surface area contributed by atoms with Crippen LogP contribution < -0.4 is 14.8 Å². The van der Waals surface area contributed by atoms with Crippen LogP contribution in [0.4, 0.5) is 17.1 Å². The Balaban J connectivity index is 2.14. The first-order chi connectivity index (χ1) is 12.3. The number of carbonyl (C=O) groups is 1. The number of anilines is 1. The molecule has 10 heteroatoms. The largest absolute Gasteiger partial charge is 0.495 e. The van der Waals surface area contributed by atoms with Crippen LogP contribution in [0.15, 0.2) is 42.5 Å². The summed E-state index contributed by atoms with van der Waals surface area (Å²) in [4.78, 5) is 32.8. The van der Waals surface area contributed by atoms with Crippen LogP contribution in [-0.2, 0) is 4.79 Å². The summed E-state index contributed by atoms with van der Waals surface area (Å²) in [5, 5.41) is 24.1. The van der Waals surface area contributed by atoms with Crippen LogP contribution in [0.25, 0.3) is 0 Å². The van der Waals surface area contributed by atoms with Crippen molar-refractivity contribution < 1.29 is 24.1 Å². The maximum absolute atomic E-state index is 12.3. The van der Waals surface area contributed by atoms with Crippen molar-refractivity contribution >= 4 is 23.0 Å². The quantitative estimate of drug-likeness (QED) is 0.592.